The number of hydrogen-bond donors (Lipinski definition) is 2. The van der Waals surface area contributed by atoms with E-state index in [1.807, 2.05) is 42.8 Å². The van der Waals surface area contributed by atoms with E-state index in [4.69, 9.17) is 11.1 Å². The molecule has 1 heterocycles. The zero-order chi connectivity index (χ0) is 11.7. The number of aryl methyl sites for hydroxylation is 2. The molecule has 1 aromatic heterocycles. The van der Waals surface area contributed by atoms with Gasteiger partial charge in [0.05, 0.1) is 5.69 Å². The fourth-order valence-electron chi connectivity index (χ4n) is 1.70. The summed E-state index contributed by atoms with van der Waals surface area (Å²) in [5.74, 6) is 0.955. The van der Waals surface area contributed by atoms with Crippen molar-refractivity contribution in [3.8, 4) is 5.69 Å². The van der Waals surface area contributed by atoms with Crippen molar-refractivity contribution in [2.45, 2.75) is 13.8 Å². The highest BCUT2D eigenvalue weighted by Crippen LogP contribution is 2.17. The summed E-state index contributed by atoms with van der Waals surface area (Å²) in [5, 5.41) is 7.56. The predicted molar refractivity (Wildman–Crippen MR) is 64.1 cm³/mol. The Balaban J connectivity index is 2.67. The molecule has 0 unspecified atom stereocenters. The number of nitrogens with zero attached hydrogens (tertiary/aromatic N) is 2. The number of rotatable bonds is 2. The van der Waals surface area contributed by atoms with Gasteiger partial charge in [-0.15, -0.1) is 0 Å². The van der Waals surface area contributed by atoms with Crippen LogP contribution >= 0.6 is 0 Å². The Morgan fingerprint density at radius 3 is 2.69 bits per heavy atom. The van der Waals surface area contributed by atoms with Gasteiger partial charge in [-0.05, 0) is 31.5 Å². The van der Waals surface area contributed by atoms with Gasteiger partial charge in [0.25, 0.3) is 0 Å². The molecule has 0 radical (unpaired) electrons. The van der Waals surface area contributed by atoms with E-state index in [2.05, 4.69) is 4.98 Å². The van der Waals surface area contributed by atoms with Crippen molar-refractivity contribution in [2.75, 3.05) is 0 Å². The standard InChI is InChI=1S/C12H14N4/c1-8-3-4-10(12(13)14)11(7-8)16-6-5-15-9(16)2/h3-7H,1-2H3,(H3,13,14). The molecule has 4 nitrogen and oxygen atoms in total. The first-order chi connectivity index (χ1) is 7.59. The lowest BCUT2D eigenvalue weighted by molar-refractivity contribution is 0.969. The van der Waals surface area contributed by atoms with E-state index in [9.17, 15) is 0 Å². The summed E-state index contributed by atoms with van der Waals surface area (Å²) in [6.07, 6.45) is 3.61. The third-order valence-corrected chi connectivity index (χ3v) is 2.53. The lowest BCUT2D eigenvalue weighted by Gasteiger charge is -2.11. The average Bonchev–Trinajstić information content (AvgIpc) is 2.63. The highest BCUT2D eigenvalue weighted by Gasteiger charge is 2.09. The van der Waals surface area contributed by atoms with Crippen LogP contribution < -0.4 is 5.73 Å². The summed E-state index contributed by atoms with van der Waals surface area (Å²) in [6.45, 7) is 3.94. The molecule has 2 rings (SSSR count). The molecule has 3 N–H and O–H groups in total. The van der Waals surface area contributed by atoms with Crippen molar-refractivity contribution in [3.63, 3.8) is 0 Å². The second kappa shape index (κ2) is 3.81. The van der Waals surface area contributed by atoms with Crippen molar-refractivity contribution >= 4 is 5.84 Å². The maximum atomic E-state index is 7.56. The highest BCUT2D eigenvalue weighted by atomic mass is 15.1. The molecule has 0 aliphatic carbocycles. The Bertz CT molecular complexity index is 540. The minimum absolute atomic E-state index is 0.0723. The van der Waals surface area contributed by atoms with Gasteiger partial charge >= 0.3 is 0 Å². The Hall–Kier alpha value is -2.10. The normalized spacial score (nSPS) is 10.4. The van der Waals surface area contributed by atoms with Gasteiger partial charge in [-0.25, -0.2) is 4.98 Å². The Kier molecular flexibility index (Phi) is 2.48. The lowest BCUT2D eigenvalue weighted by Crippen LogP contribution is -2.15. The van der Waals surface area contributed by atoms with Crippen LogP contribution in [0.2, 0.25) is 0 Å². The Morgan fingerprint density at radius 1 is 1.38 bits per heavy atom. The minimum atomic E-state index is 0.0723. The highest BCUT2D eigenvalue weighted by molar-refractivity contribution is 5.98. The second-order valence-corrected chi connectivity index (χ2v) is 3.78. The molecule has 0 spiro atoms. The number of nitrogens with one attached hydrogen (secondary N) is 1. The van der Waals surface area contributed by atoms with E-state index in [0.29, 0.717) is 0 Å². The quantitative estimate of drug-likeness (QED) is 0.591. The molecule has 2 aromatic rings. The van der Waals surface area contributed by atoms with Gasteiger partial charge in [0, 0.05) is 18.0 Å². The molecule has 0 saturated heterocycles. The monoisotopic (exact) mass is 214 g/mol. The van der Waals surface area contributed by atoms with Crippen LogP contribution in [0.25, 0.3) is 5.69 Å². The van der Waals surface area contributed by atoms with Gasteiger partial charge < -0.3 is 10.3 Å². The first-order valence-electron chi connectivity index (χ1n) is 5.05. The SMILES string of the molecule is Cc1ccc(C(=N)N)c(-n2ccnc2C)c1. The van der Waals surface area contributed by atoms with E-state index in [-0.39, 0.29) is 5.84 Å². The number of nitrogens with two attached hydrogens (primary N) is 1. The second-order valence-electron chi connectivity index (χ2n) is 3.78. The van der Waals surface area contributed by atoms with Crippen LogP contribution in [0, 0.1) is 19.3 Å². The van der Waals surface area contributed by atoms with Crippen molar-refractivity contribution in [1.29, 1.82) is 5.41 Å². The van der Waals surface area contributed by atoms with Crippen LogP contribution in [0.15, 0.2) is 30.6 Å². The Labute approximate surface area is 94.2 Å². The summed E-state index contributed by atoms with van der Waals surface area (Å²) in [7, 11) is 0. The van der Waals surface area contributed by atoms with Gasteiger partial charge in [0.15, 0.2) is 0 Å². The molecule has 82 valence electrons. The van der Waals surface area contributed by atoms with Crippen LogP contribution in [-0.4, -0.2) is 15.4 Å². The number of benzene rings is 1. The summed E-state index contributed by atoms with van der Waals surface area (Å²) in [6, 6.07) is 5.82. The van der Waals surface area contributed by atoms with E-state index in [0.717, 1.165) is 22.6 Å². The van der Waals surface area contributed by atoms with E-state index in [1.165, 1.54) is 0 Å². The number of nitrogen functional groups attached to an aromatic ring is 1. The molecule has 4 heteroatoms. The molecule has 0 bridgehead atoms. The molecule has 0 atom stereocenters. The third kappa shape index (κ3) is 1.69. The summed E-state index contributed by atoms with van der Waals surface area (Å²) < 4.78 is 1.93. The maximum absolute atomic E-state index is 7.56. The minimum Gasteiger partial charge on any atom is -0.384 e. The summed E-state index contributed by atoms with van der Waals surface area (Å²) in [4.78, 5) is 4.17. The number of imidazole rings is 1. The van der Waals surface area contributed by atoms with E-state index >= 15 is 0 Å². The van der Waals surface area contributed by atoms with E-state index < -0.39 is 0 Å². The van der Waals surface area contributed by atoms with Crippen LogP contribution in [0.1, 0.15) is 17.0 Å². The predicted octanol–water partition coefficient (Wildman–Crippen LogP) is 1.77. The van der Waals surface area contributed by atoms with Crippen molar-refractivity contribution in [3.05, 3.63) is 47.5 Å². The topological polar surface area (TPSA) is 67.7 Å². The molecular formula is C12H14N4. The molecule has 0 saturated carbocycles. The molecule has 0 aliphatic rings. The first kappa shape index (κ1) is 10.4. The van der Waals surface area contributed by atoms with Crippen molar-refractivity contribution in [2.24, 2.45) is 5.73 Å². The van der Waals surface area contributed by atoms with Gasteiger partial charge in [0.2, 0.25) is 0 Å². The first-order valence-corrected chi connectivity index (χ1v) is 5.05. The number of amidine groups is 1. The fourth-order valence-corrected chi connectivity index (χ4v) is 1.70. The zero-order valence-corrected chi connectivity index (χ0v) is 9.36. The van der Waals surface area contributed by atoms with Gasteiger partial charge in [-0.2, -0.15) is 0 Å². The maximum Gasteiger partial charge on any atom is 0.124 e. The summed E-state index contributed by atoms with van der Waals surface area (Å²) in [5.41, 5.74) is 8.34. The van der Waals surface area contributed by atoms with Crippen LogP contribution in [0.4, 0.5) is 0 Å². The molecular weight excluding hydrogens is 200 g/mol. The van der Waals surface area contributed by atoms with E-state index in [1.54, 1.807) is 6.20 Å². The molecule has 0 aliphatic heterocycles. The Morgan fingerprint density at radius 2 is 2.12 bits per heavy atom. The largest absolute Gasteiger partial charge is 0.384 e. The molecule has 16 heavy (non-hydrogen) atoms. The molecule has 0 fully saturated rings. The zero-order valence-electron chi connectivity index (χ0n) is 9.36. The average molecular weight is 214 g/mol. The van der Waals surface area contributed by atoms with Crippen molar-refractivity contribution < 1.29 is 0 Å². The van der Waals surface area contributed by atoms with Crippen LogP contribution in [0.3, 0.4) is 0 Å². The third-order valence-electron chi connectivity index (χ3n) is 2.53. The molecule has 1 aromatic carbocycles. The van der Waals surface area contributed by atoms with Crippen molar-refractivity contribution in [1.82, 2.24) is 9.55 Å². The number of aromatic nitrogens is 2. The number of hydrogen-bond acceptors (Lipinski definition) is 2. The smallest absolute Gasteiger partial charge is 0.124 e. The lowest BCUT2D eigenvalue weighted by atomic mass is 10.1. The molecule has 0 amide bonds. The van der Waals surface area contributed by atoms with Gasteiger partial charge in [-0.1, -0.05) is 6.07 Å². The van der Waals surface area contributed by atoms with Gasteiger partial charge in [-0.3, -0.25) is 5.41 Å². The fraction of sp³-hybridized carbons (Fsp3) is 0.167. The van der Waals surface area contributed by atoms with Crippen LogP contribution in [0.5, 0.6) is 0 Å². The van der Waals surface area contributed by atoms with Gasteiger partial charge in [0.1, 0.15) is 11.7 Å². The van der Waals surface area contributed by atoms with Crippen LogP contribution in [-0.2, 0) is 0 Å². The summed E-state index contributed by atoms with van der Waals surface area (Å²) >= 11 is 0.